The third-order valence-corrected chi connectivity index (χ3v) is 2.24. The second-order valence-corrected chi connectivity index (χ2v) is 3.65. The minimum atomic E-state index is -1.00. The molecule has 0 saturated heterocycles. The smallest absolute Gasteiger partial charge is 0.328 e. The van der Waals surface area contributed by atoms with Gasteiger partial charge < -0.3 is 15.3 Å². The molecule has 18 heavy (non-hydrogen) atoms. The van der Waals surface area contributed by atoms with Crippen LogP contribution in [-0.4, -0.2) is 42.6 Å². The van der Waals surface area contributed by atoms with Gasteiger partial charge in [0.1, 0.15) is 5.82 Å². The van der Waals surface area contributed by atoms with Gasteiger partial charge in [-0.2, -0.15) is 0 Å². The highest BCUT2D eigenvalue weighted by Gasteiger charge is 2.06. The zero-order valence-electron chi connectivity index (χ0n) is 10.3. The first-order valence-corrected chi connectivity index (χ1v) is 5.31. The number of amides is 1. The van der Waals surface area contributed by atoms with E-state index in [1.165, 1.54) is 6.08 Å². The molecule has 0 saturated carbocycles. The summed E-state index contributed by atoms with van der Waals surface area (Å²) in [5, 5.41) is 11.0. The van der Waals surface area contributed by atoms with Crippen molar-refractivity contribution in [3.05, 3.63) is 30.0 Å². The molecule has 0 aliphatic carbocycles. The van der Waals surface area contributed by atoms with Crippen molar-refractivity contribution >= 4 is 23.8 Å². The van der Waals surface area contributed by atoms with Gasteiger partial charge in [-0.3, -0.25) is 4.79 Å². The molecular weight excluding hydrogens is 234 g/mol. The second-order valence-electron chi connectivity index (χ2n) is 3.65. The molecule has 1 aromatic rings. The van der Waals surface area contributed by atoms with Gasteiger partial charge in [0.2, 0.25) is 5.91 Å². The predicted octanol–water partition coefficient (Wildman–Crippen LogP) is 0.362. The third-order valence-electron chi connectivity index (χ3n) is 2.24. The molecule has 0 aliphatic heterocycles. The van der Waals surface area contributed by atoms with E-state index < -0.39 is 5.97 Å². The van der Waals surface area contributed by atoms with E-state index in [9.17, 15) is 9.59 Å². The first-order valence-electron chi connectivity index (χ1n) is 5.31. The van der Waals surface area contributed by atoms with Gasteiger partial charge >= 0.3 is 5.97 Å². The van der Waals surface area contributed by atoms with Crippen LogP contribution in [0.4, 0.5) is 5.82 Å². The number of nitrogens with one attached hydrogen (secondary N) is 1. The highest BCUT2D eigenvalue weighted by atomic mass is 16.4. The molecule has 0 aliphatic rings. The van der Waals surface area contributed by atoms with Crippen molar-refractivity contribution in [2.24, 2.45) is 0 Å². The number of hydrogen-bond donors (Lipinski definition) is 2. The Morgan fingerprint density at radius 1 is 1.50 bits per heavy atom. The summed E-state index contributed by atoms with van der Waals surface area (Å²) in [4.78, 5) is 27.4. The fraction of sp³-hybridized carbons (Fsp3) is 0.250. The lowest BCUT2D eigenvalue weighted by Crippen LogP contribution is -2.33. The molecule has 6 heteroatoms. The summed E-state index contributed by atoms with van der Waals surface area (Å²) < 4.78 is 0. The molecular formula is C12H15N3O3. The molecule has 0 unspecified atom stereocenters. The summed E-state index contributed by atoms with van der Waals surface area (Å²) in [5.74, 6) is -0.462. The van der Waals surface area contributed by atoms with Crippen LogP contribution in [0, 0.1) is 0 Å². The number of rotatable bonds is 5. The topological polar surface area (TPSA) is 82.5 Å². The Kier molecular flexibility index (Phi) is 4.86. The molecule has 0 radical (unpaired) electrons. The quantitative estimate of drug-likeness (QED) is 0.736. The number of nitrogens with zero attached hydrogens (tertiary/aromatic N) is 2. The summed E-state index contributed by atoms with van der Waals surface area (Å²) in [7, 11) is 3.33. The average Bonchev–Trinajstić information content (AvgIpc) is 2.36. The Balaban J connectivity index is 2.70. The van der Waals surface area contributed by atoms with E-state index in [2.05, 4.69) is 10.3 Å². The van der Waals surface area contributed by atoms with Crippen LogP contribution in [0.1, 0.15) is 5.56 Å². The van der Waals surface area contributed by atoms with Gasteiger partial charge in [-0.15, -0.1) is 0 Å². The first-order chi connectivity index (χ1) is 8.52. The number of carboxylic acid groups (broad SMARTS) is 1. The standard InChI is InChI=1S/C12H15N3O3/c1-13-11(16)8-15(2)10-5-3-9(7-14-10)4-6-12(17)18/h3-7H,8H2,1-2H3,(H,13,16)(H,17,18)/b6-4+. The van der Waals surface area contributed by atoms with Crippen molar-refractivity contribution < 1.29 is 14.7 Å². The fourth-order valence-electron chi connectivity index (χ4n) is 1.26. The van der Waals surface area contributed by atoms with E-state index in [4.69, 9.17) is 5.11 Å². The van der Waals surface area contributed by atoms with E-state index in [1.54, 1.807) is 37.3 Å². The number of hydrogen-bond acceptors (Lipinski definition) is 4. The van der Waals surface area contributed by atoms with Crippen LogP contribution in [0.15, 0.2) is 24.4 Å². The summed E-state index contributed by atoms with van der Waals surface area (Å²) in [5.41, 5.74) is 0.689. The average molecular weight is 249 g/mol. The van der Waals surface area contributed by atoms with Crippen LogP contribution in [0.5, 0.6) is 0 Å². The van der Waals surface area contributed by atoms with Crippen LogP contribution in [-0.2, 0) is 9.59 Å². The van der Waals surface area contributed by atoms with E-state index in [-0.39, 0.29) is 12.5 Å². The maximum Gasteiger partial charge on any atom is 0.328 e. The van der Waals surface area contributed by atoms with Crippen molar-refractivity contribution in [2.45, 2.75) is 0 Å². The Morgan fingerprint density at radius 2 is 2.22 bits per heavy atom. The number of pyridine rings is 1. The Bertz CT molecular complexity index is 454. The molecule has 0 aromatic carbocycles. The summed E-state index contributed by atoms with van der Waals surface area (Å²) >= 11 is 0. The van der Waals surface area contributed by atoms with Crippen molar-refractivity contribution in [2.75, 3.05) is 25.5 Å². The molecule has 1 amide bonds. The number of anilines is 1. The van der Waals surface area contributed by atoms with Gasteiger partial charge in [0.15, 0.2) is 0 Å². The minimum absolute atomic E-state index is 0.103. The largest absolute Gasteiger partial charge is 0.478 e. The van der Waals surface area contributed by atoms with Gasteiger partial charge in [-0.25, -0.2) is 9.78 Å². The lowest BCUT2D eigenvalue weighted by atomic mass is 10.2. The SMILES string of the molecule is CNC(=O)CN(C)c1ccc(/C=C/C(=O)O)cn1. The predicted molar refractivity (Wildman–Crippen MR) is 68.2 cm³/mol. The van der Waals surface area contributed by atoms with E-state index in [0.29, 0.717) is 11.4 Å². The molecule has 6 nitrogen and oxygen atoms in total. The fourth-order valence-corrected chi connectivity index (χ4v) is 1.26. The van der Waals surface area contributed by atoms with E-state index in [1.807, 2.05) is 0 Å². The van der Waals surface area contributed by atoms with Gasteiger partial charge in [0, 0.05) is 26.4 Å². The number of carboxylic acids is 1. The molecule has 1 aromatic heterocycles. The van der Waals surface area contributed by atoms with Crippen LogP contribution < -0.4 is 10.2 Å². The normalized spacial score (nSPS) is 10.3. The lowest BCUT2D eigenvalue weighted by molar-refractivity contribution is -0.131. The molecule has 1 rings (SSSR count). The minimum Gasteiger partial charge on any atom is -0.478 e. The van der Waals surface area contributed by atoms with Crippen LogP contribution >= 0.6 is 0 Å². The first kappa shape index (κ1) is 13.7. The highest BCUT2D eigenvalue weighted by molar-refractivity contribution is 5.85. The van der Waals surface area contributed by atoms with Crippen LogP contribution in [0.2, 0.25) is 0 Å². The second kappa shape index (κ2) is 6.39. The number of carbonyl (C=O) groups is 2. The lowest BCUT2D eigenvalue weighted by Gasteiger charge is -2.16. The van der Waals surface area contributed by atoms with Gasteiger partial charge in [-0.05, 0) is 23.8 Å². The van der Waals surface area contributed by atoms with Gasteiger partial charge in [0.05, 0.1) is 6.54 Å². The maximum atomic E-state index is 11.2. The van der Waals surface area contributed by atoms with Crippen LogP contribution in [0.25, 0.3) is 6.08 Å². The third kappa shape index (κ3) is 4.25. The van der Waals surface area contributed by atoms with Crippen molar-refractivity contribution in [1.82, 2.24) is 10.3 Å². The van der Waals surface area contributed by atoms with Gasteiger partial charge in [0.25, 0.3) is 0 Å². The maximum absolute atomic E-state index is 11.2. The number of aromatic nitrogens is 1. The molecule has 0 atom stereocenters. The Morgan fingerprint density at radius 3 is 2.72 bits per heavy atom. The van der Waals surface area contributed by atoms with E-state index in [0.717, 1.165) is 6.08 Å². The van der Waals surface area contributed by atoms with Crippen molar-refractivity contribution in [3.63, 3.8) is 0 Å². The zero-order valence-corrected chi connectivity index (χ0v) is 10.3. The Hall–Kier alpha value is -2.37. The number of aliphatic carboxylic acids is 1. The number of carbonyl (C=O) groups excluding carboxylic acids is 1. The molecule has 2 N–H and O–H groups in total. The van der Waals surface area contributed by atoms with Crippen molar-refractivity contribution in [3.8, 4) is 0 Å². The molecule has 96 valence electrons. The molecule has 0 bridgehead atoms. The molecule has 0 fully saturated rings. The molecule has 1 heterocycles. The van der Waals surface area contributed by atoms with Gasteiger partial charge in [-0.1, -0.05) is 0 Å². The van der Waals surface area contributed by atoms with Crippen LogP contribution in [0.3, 0.4) is 0 Å². The summed E-state index contributed by atoms with van der Waals surface area (Å²) in [6.45, 7) is 0.216. The highest BCUT2D eigenvalue weighted by Crippen LogP contribution is 2.10. The van der Waals surface area contributed by atoms with E-state index >= 15 is 0 Å². The molecule has 0 spiro atoms. The monoisotopic (exact) mass is 249 g/mol. The summed E-state index contributed by atoms with van der Waals surface area (Å²) in [6, 6.07) is 3.46. The Labute approximate surface area is 105 Å². The zero-order chi connectivity index (χ0) is 13.5. The number of likely N-dealkylation sites (N-methyl/N-ethyl adjacent to an activating group) is 2. The van der Waals surface area contributed by atoms with Crippen molar-refractivity contribution in [1.29, 1.82) is 0 Å². The summed E-state index contributed by atoms with van der Waals surface area (Å²) in [6.07, 6.45) is 4.05.